The zero-order valence-electron chi connectivity index (χ0n) is 10.8. The van der Waals surface area contributed by atoms with Crippen molar-refractivity contribution >= 4 is 27.7 Å². The van der Waals surface area contributed by atoms with E-state index in [-0.39, 0.29) is 17.9 Å². The predicted molar refractivity (Wildman–Crippen MR) is 82.0 cm³/mol. The number of hydrogen-bond donors (Lipinski definition) is 3. The number of carbonyl (C=O) groups excluding carboxylic acids is 1. The Morgan fingerprint density at radius 3 is 2.90 bits per heavy atom. The lowest BCUT2D eigenvalue weighted by molar-refractivity contribution is 0.102. The van der Waals surface area contributed by atoms with Gasteiger partial charge in [-0.05, 0) is 36.3 Å². The zero-order chi connectivity index (χ0) is 15.2. The lowest BCUT2D eigenvalue weighted by Gasteiger charge is -2.07. The average Bonchev–Trinajstić information content (AvgIpc) is 2.48. The normalized spacial score (nSPS) is 9.62. The number of aliphatic hydroxyl groups is 1. The van der Waals surface area contributed by atoms with Crippen LogP contribution >= 0.6 is 15.9 Å². The van der Waals surface area contributed by atoms with Crippen molar-refractivity contribution in [3.63, 3.8) is 0 Å². The highest BCUT2D eigenvalue weighted by Gasteiger charge is 2.12. The van der Waals surface area contributed by atoms with Gasteiger partial charge in [0.25, 0.3) is 5.91 Å². The molecule has 0 saturated carbocycles. The van der Waals surface area contributed by atoms with Crippen LogP contribution in [-0.2, 0) is 0 Å². The van der Waals surface area contributed by atoms with Gasteiger partial charge < -0.3 is 15.5 Å². The maximum atomic E-state index is 12.1. The number of benzene rings is 1. The zero-order valence-corrected chi connectivity index (χ0v) is 12.4. The van der Waals surface area contributed by atoms with Gasteiger partial charge in [-0.25, -0.2) is 4.98 Å². The van der Waals surface area contributed by atoms with Crippen LogP contribution in [0, 0.1) is 11.8 Å². The maximum Gasteiger partial charge on any atom is 0.260 e. The van der Waals surface area contributed by atoms with Gasteiger partial charge in [0.05, 0.1) is 5.56 Å². The topological polar surface area (TPSA) is 82.5 Å². The summed E-state index contributed by atoms with van der Waals surface area (Å²) in [5.41, 5.74) is 0.568. The summed E-state index contributed by atoms with van der Waals surface area (Å²) >= 11 is 3.24. The fraction of sp³-hybridized carbons (Fsp3) is 0.0667. The summed E-state index contributed by atoms with van der Waals surface area (Å²) < 4.78 is 0.681. The van der Waals surface area contributed by atoms with Gasteiger partial charge in [-0.15, -0.1) is 0 Å². The standard InChI is InChI=1S/C15H11BrN2O3/c16-10-6-7-13(20)12(9-10)15(21)18-14-5-1-3-11(17-14)4-2-8-19/h1,3,5-7,9,19-20H,8H2,(H,17,18,21). The molecule has 0 atom stereocenters. The number of aromatic nitrogens is 1. The van der Waals surface area contributed by atoms with E-state index in [1.54, 1.807) is 24.3 Å². The number of hydrogen-bond acceptors (Lipinski definition) is 4. The molecule has 0 fully saturated rings. The van der Waals surface area contributed by atoms with Crippen molar-refractivity contribution < 1.29 is 15.0 Å². The van der Waals surface area contributed by atoms with E-state index in [4.69, 9.17) is 5.11 Å². The fourth-order valence-corrected chi connectivity index (χ4v) is 1.94. The highest BCUT2D eigenvalue weighted by Crippen LogP contribution is 2.22. The van der Waals surface area contributed by atoms with E-state index >= 15 is 0 Å². The van der Waals surface area contributed by atoms with Gasteiger partial charge in [0.15, 0.2) is 0 Å². The first-order valence-corrected chi connectivity index (χ1v) is 6.76. The molecule has 0 aliphatic carbocycles. The van der Waals surface area contributed by atoms with Crippen LogP contribution in [0.1, 0.15) is 16.1 Å². The van der Waals surface area contributed by atoms with Crippen LogP contribution in [0.4, 0.5) is 5.82 Å². The Morgan fingerprint density at radius 1 is 1.33 bits per heavy atom. The Labute approximate surface area is 129 Å². The van der Waals surface area contributed by atoms with E-state index in [9.17, 15) is 9.90 Å². The summed E-state index contributed by atoms with van der Waals surface area (Å²) in [4.78, 5) is 16.2. The fourth-order valence-electron chi connectivity index (χ4n) is 1.58. The third-order valence-corrected chi connectivity index (χ3v) is 2.98. The van der Waals surface area contributed by atoms with Crippen LogP contribution < -0.4 is 5.32 Å². The first kappa shape index (κ1) is 15.0. The third kappa shape index (κ3) is 4.05. The number of anilines is 1. The molecule has 1 heterocycles. The van der Waals surface area contributed by atoms with Crippen molar-refractivity contribution in [2.45, 2.75) is 0 Å². The minimum absolute atomic E-state index is 0.119. The number of aliphatic hydroxyl groups excluding tert-OH is 1. The van der Waals surface area contributed by atoms with Crippen molar-refractivity contribution in [1.29, 1.82) is 0 Å². The molecular weight excluding hydrogens is 336 g/mol. The summed E-state index contributed by atoms with van der Waals surface area (Å²) in [6, 6.07) is 9.53. The lowest BCUT2D eigenvalue weighted by atomic mass is 10.2. The van der Waals surface area contributed by atoms with Crippen molar-refractivity contribution in [3.05, 3.63) is 52.1 Å². The average molecular weight is 347 g/mol. The molecule has 1 amide bonds. The quantitative estimate of drug-likeness (QED) is 0.727. The molecule has 106 valence electrons. The number of phenolic OH excluding ortho intramolecular Hbond substituents is 1. The Hall–Kier alpha value is -2.36. The number of amides is 1. The van der Waals surface area contributed by atoms with E-state index in [2.05, 4.69) is 38.1 Å². The summed E-state index contributed by atoms with van der Waals surface area (Å²) in [6.07, 6.45) is 0. The Kier molecular flexibility index (Phi) is 4.93. The van der Waals surface area contributed by atoms with Crippen LogP contribution in [0.3, 0.4) is 0 Å². The van der Waals surface area contributed by atoms with Crippen LogP contribution in [0.15, 0.2) is 40.9 Å². The van der Waals surface area contributed by atoms with Crippen LogP contribution in [0.5, 0.6) is 5.75 Å². The van der Waals surface area contributed by atoms with Crippen LogP contribution in [0.25, 0.3) is 0 Å². The summed E-state index contributed by atoms with van der Waals surface area (Å²) in [5.74, 6) is 4.84. The second kappa shape index (κ2) is 6.88. The summed E-state index contributed by atoms with van der Waals surface area (Å²) in [6.45, 7) is -0.260. The minimum Gasteiger partial charge on any atom is -0.507 e. The number of pyridine rings is 1. The number of nitrogens with zero attached hydrogens (tertiary/aromatic N) is 1. The van der Waals surface area contributed by atoms with E-state index in [0.29, 0.717) is 16.0 Å². The van der Waals surface area contributed by atoms with Gasteiger partial charge >= 0.3 is 0 Å². The number of halogens is 1. The van der Waals surface area contributed by atoms with Gasteiger partial charge in [-0.3, -0.25) is 4.79 Å². The van der Waals surface area contributed by atoms with Gasteiger partial charge in [0, 0.05) is 4.47 Å². The molecule has 0 spiro atoms. The molecule has 1 aromatic carbocycles. The molecule has 21 heavy (non-hydrogen) atoms. The molecular formula is C15H11BrN2O3. The van der Waals surface area contributed by atoms with Crippen molar-refractivity contribution in [2.24, 2.45) is 0 Å². The van der Waals surface area contributed by atoms with Crippen molar-refractivity contribution in [3.8, 4) is 17.6 Å². The first-order chi connectivity index (χ1) is 10.1. The highest BCUT2D eigenvalue weighted by atomic mass is 79.9. The van der Waals surface area contributed by atoms with E-state index in [1.807, 2.05) is 0 Å². The first-order valence-electron chi connectivity index (χ1n) is 5.97. The monoisotopic (exact) mass is 346 g/mol. The number of carbonyl (C=O) groups is 1. The molecule has 1 aromatic heterocycles. The van der Waals surface area contributed by atoms with Crippen LogP contribution in [-0.4, -0.2) is 27.7 Å². The molecule has 0 saturated heterocycles. The van der Waals surface area contributed by atoms with Crippen LogP contribution in [0.2, 0.25) is 0 Å². The molecule has 3 N–H and O–H groups in total. The molecule has 0 unspecified atom stereocenters. The minimum atomic E-state index is -0.478. The molecule has 0 aliphatic heterocycles. The van der Waals surface area contributed by atoms with E-state index < -0.39 is 5.91 Å². The van der Waals surface area contributed by atoms with Crippen molar-refractivity contribution in [2.75, 3.05) is 11.9 Å². The van der Waals surface area contributed by atoms with Gasteiger partial charge in [0.2, 0.25) is 0 Å². The lowest BCUT2D eigenvalue weighted by Crippen LogP contribution is -2.13. The molecule has 6 heteroatoms. The highest BCUT2D eigenvalue weighted by molar-refractivity contribution is 9.10. The number of nitrogens with one attached hydrogen (secondary N) is 1. The number of rotatable bonds is 2. The van der Waals surface area contributed by atoms with Crippen molar-refractivity contribution in [1.82, 2.24) is 4.98 Å². The maximum absolute atomic E-state index is 12.1. The third-order valence-electron chi connectivity index (χ3n) is 2.49. The second-order valence-corrected chi connectivity index (χ2v) is 4.90. The molecule has 2 aromatic rings. The number of phenols is 1. The van der Waals surface area contributed by atoms with E-state index in [1.165, 1.54) is 12.1 Å². The van der Waals surface area contributed by atoms with Gasteiger partial charge in [-0.1, -0.05) is 27.9 Å². The molecule has 0 radical (unpaired) electrons. The molecule has 0 aliphatic rings. The summed E-state index contributed by atoms with van der Waals surface area (Å²) in [5, 5.41) is 20.9. The SMILES string of the molecule is O=C(Nc1cccc(C#CCO)n1)c1cc(Br)ccc1O. The number of aromatic hydroxyl groups is 1. The Bertz CT molecular complexity index is 735. The largest absolute Gasteiger partial charge is 0.507 e. The van der Waals surface area contributed by atoms with Gasteiger partial charge in [-0.2, -0.15) is 0 Å². The second-order valence-electron chi connectivity index (χ2n) is 3.98. The summed E-state index contributed by atoms with van der Waals surface area (Å²) in [7, 11) is 0. The molecule has 2 rings (SSSR count). The van der Waals surface area contributed by atoms with E-state index in [0.717, 1.165) is 0 Å². The molecule has 0 bridgehead atoms. The smallest absolute Gasteiger partial charge is 0.260 e. The predicted octanol–water partition coefficient (Wildman–Crippen LogP) is 2.15. The Balaban J connectivity index is 2.21. The Morgan fingerprint density at radius 2 is 2.14 bits per heavy atom. The molecule has 5 nitrogen and oxygen atoms in total. The van der Waals surface area contributed by atoms with Gasteiger partial charge in [0.1, 0.15) is 23.9 Å².